The van der Waals surface area contributed by atoms with Crippen molar-refractivity contribution in [2.45, 2.75) is 20.3 Å². The van der Waals surface area contributed by atoms with Crippen molar-refractivity contribution in [2.24, 2.45) is 12.8 Å². The van der Waals surface area contributed by atoms with E-state index in [-0.39, 0.29) is 10.6 Å². The van der Waals surface area contributed by atoms with E-state index >= 15 is 0 Å². The number of hydrogen-bond donors (Lipinski definition) is 1. The van der Waals surface area contributed by atoms with Crippen molar-refractivity contribution in [3.8, 4) is 0 Å². The fourth-order valence-corrected chi connectivity index (χ4v) is 1.91. The number of hydrogen-bond acceptors (Lipinski definition) is 5. The van der Waals surface area contributed by atoms with E-state index in [9.17, 15) is 10.1 Å². The Balaban J connectivity index is 3.29. The molecule has 17 heavy (non-hydrogen) atoms. The fraction of sp³-hybridized carbons (Fsp3) is 0.700. The highest BCUT2D eigenvalue weighted by Gasteiger charge is 2.28. The van der Waals surface area contributed by atoms with Gasteiger partial charge < -0.3 is 10.6 Å². The maximum atomic E-state index is 11.1. The molecule has 0 radical (unpaired) electrons. The highest BCUT2D eigenvalue weighted by atomic mass is 16.6. The molecule has 0 unspecified atom stereocenters. The van der Waals surface area contributed by atoms with Gasteiger partial charge >= 0.3 is 5.69 Å². The zero-order chi connectivity index (χ0) is 13.0. The smallest absolute Gasteiger partial charge is 0.334 e. The van der Waals surface area contributed by atoms with Crippen LogP contribution in [0.5, 0.6) is 0 Å². The van der Waals surface area contributed by atoms with Crippen molar-refractivity contribution in [1.29, 1.82) is 0 Å². The maximum Gasteiger partial charge on any atom is 0.334 e. The SMILES string of the molecule is CCc1nn(C)c(N(CC)CCN)c1[N+](=O)[O-]. The van der Waals surface area contributed by atoms with Crippen LogP contribution in [0.4, 0.5) is 11.5 Å². The van der Waals surface area contributed by atoms with Crippen molar-refractivity contribution in [1.82, 2.24) is 9.78 Å². The molecule has 0 atom stereocenters. The lowest BCUT2D eigenvalue weighted by Crippen LogP contribution is -2.31. The molecule has 0 aliphatic rings. The summed E-state index contributed by atoms with van der Waals surface area (Å²) in [5.74, 6) is 0.541. The van der Waals surface area contributed by atoms with Gasteiger partial charge in [0.25, 0.3) is 0 Å². The summed E-state index contributed by atoms with van der Waals surface area (Å²) in [6.45, 7) is 5.51. The van der Waals surface area contributed by atoms with Crippen LogP contribution in [0.1, 0.15) is 19.5 Å². The van der Waals surface area contributed by atoms with Crippen LogP contribution in [-0.4, -0.2) is 34.3 Å². The largest absolute Gasteiger partial charge is 0.350 e. The first-order chi connectivity index (χ1) is 8.06. The highest BCUT2D eigenvalue weighted by Crippen LogP contribution is 2.31. The summed E-state index contributed by atoms with van der Waals surface area (Å²) in [5.41, 5.74) is 6.14. The van der Waals surface area contributed by atoms with E-state index in [0.29, 0.717) is 37.6 Å². The Labute approximate surface area is 100 Å². The van der Waals surface area contributed by atoms with Gasteiger partial charge in [0.1, 0.15) is 5.69 Å². The van der Waals surface area contributed by atoms with Crippen LogP contribution in [0.2, 0.25) is 0 Å². The topological polar surface area (TPSA) is 90.2 Å². The summed E-state index contributed by atoms with van der Waals surface area (Å²) < 4.78 is 1.57. The van der Waals surface area contributed by atoms with Gasteiger partial charge in [-0.05, 0) is 13.3 Å². The minimum Gasteiger partial charge on any atom is -0.350 e. The quantitative estimate of drug-likeness (QED) is 0.584. The molecule has 2 N–H and O–H groups in total. The average Bonchev–Trinajstić information content (AvgIpc) is 2.63. The first-order valence-electron chi connectivity index (χ1n) is 5.72. The Bertz CT molecular complexity index is 402. The first-order valence-corrected chi connectivity index (χ1v) is 5.72. The molecule has 0 amide bonds. The molecule has 0 saturated heterocycles. The van der Waals surface area contributed by atoms with E-state index < -0.39 is 0 Å². The first kappa shape index (κ1) is 13.4. The van der Waals surface area contributed by atoms with E-state index in [1.807, 2.05) is 18.7 Å². The summed E-state index contributed by atoms with van der Waals surface area (Å²) in [7, 11) is 1.72. The molecule has 0 aliphatic heterocycles. The molecule has 1 aromatic heterocycles. The molecule has 1 aromatic rings. The number of aromatic nitrogens is 2. The van der Waals surface area contributed by atoms with Crippen LogP contribution in [0.3, 0.4) is 0 Å². The van der Waals surface area contributed by atoms with Crippen molar-refractivity contribution in [3.63, 3.8) is 0 Å². The number of nitrogens with zero attached hydrogens (tertiary/aromatic N) is 4. The van der Waals surface area contributed by atoms with Gasteiger partial charge in [0.15, 0.2) is 0 Å². The molecule has 0 spiro atoms. The molecule has 0 aliphatic carbocycles. The normalized spacial score (nSPS) is 10.6. The van der Waals surface area contributed by atoms with Gasteiger partial charge in [0.2, 0.25) is 5.82 Å². The zero-order valence-electron chi connectivity index (χ0n) is 10.5. The summed E-state index contributed by atoms with van der Waals surface area (Å²) in [6.07, 6.45) is 0.546. The van der Waals surface area contributed by atoms with Gasteiger partial charge in [-0.2, -0.15) is 5.10 Å². The molecular weight excluding hydrogens is 222 g/mol. The molecule has 0 saturated carbocycles. The lowest BCUT2D eigenvalue weighted by atomic mass is 10.3. The van der Waals surface area contributed by atoms with Gasteiger partial charge in [-0.1, -0.05) is 6.92 Å². The van der Waals surface area contributed by atoms with Crippen molar-refractivity contribution >= 4 is 11.5 Å². The van der Waals surface area contributed by atoms with Crippen LogP contribution >= 0.6 is 0 Å². The minimum absolute atomic E-state index is 0.102. The number of aryl methyl sites for hydroxylation is 2. The third kappa shape index (κ3) is 2.55. The highest BCUT2D eigenvalue weighted by molar-refractivity contribution is 5.61. The Kier molecular flexibility index (Phi) is 4.45. The lowest BCUT2D eigenvalue weighted by Gasteiger charge is -2.20. The lowest BCUT2D eigenvalue weighted by molar-refractivity contribution is -0.384. The van der Waals surface area contributed by atoms with Gasteiger partial charge in [-0.25, -0.2) is 4.68 Å². The van der Waals surface area contributed by atoms with Gasteiger partial charge in [0.05, 0.1) is 4.92 Å². The second kappa shape index (κ2) is 5.62. The predicted octanol–water partition coefficient (Wildman–Crippen LogP) is 0.676. The Morgan fingerprint density at radius 2 is 2.18 bits per heavy atom. The number of nitro groups is 1. The molecule has 1 heterocycles. The number of rotatable bonds is 6. The van der Waals surface area contributed by atoms with Crippen LogP contribution in [0.25, 0.3) is 0 Å². The van der Waals surface area contributed by atoms with E-state index in [2.05, 4.69) is 5.10 Å². The van der Waals surface area contributed by atoms with E-state index in [1.165, 1.54) is 0 Å². The Hall–Kier alpha value is -1.63. The average molecular weight is 241 g/mol. The van der Waals surface area contributed by atoms with Crippen LogP contribution in [0.15, 0.2) is 0 Å². The summed E-state index contributed by atoms with van der Waals surface area (Å²) in [4.78, 5) is 12.7. The zero-order valence-corrected chi connectivity index (χ0v) is 10.5. The van der Waals surface area contributed by atoms with Gasteiger partial charge in [-0.15, -0.1) is 0 Å². The number of anilines is 1. The second-order valence-corrected chi connectivity index (χ2v) is 3.72. The second-order valence-electron chi connectivity index (χ2n) is 3.72. The van der Waals surface area contributed by atoms with E-state index in [4.69, 9.17) is 5.73 Å². The van der Waals surface area contributed by atoms with Gasteiger partial charge in [-0.3, -0.25) is 10.1 Å². The third-order valence-electron chi connectivity index (χ3n) is 2.66. The summed E-state index contributed by atoms with van der Waals surface area (Å²) >= 11 is 0. The molecule has 0 fully saturated rings. The molecule has 7 heteroatoms. The Morgan fingerprint density at radius 1 is 1.53 bits per heavy atom. The third-order valence-corrected chi connectivity index (χ3v) is 2.66. The van der Waals surface area contributed by atoms with Crippen molar-refractivity contribution in [2.75, 3.05) is 24.5 Å². The summed E-state index contributed by atoms with van der Waals surface area (Å²) in [6, 6.07) is 0. The fourth-order valence-electron chi connectivity index (χ4n) is 1.91. The van der Waals surface area contributed by atoms with Crippen LogP contribution < -0.4 is 10.6 Å². The van der Waals surface area contributed by atoms with Crippen molar-refractivity contribution < 1.29 is 4.92 Å². The number of nitrogens with two attached hydrogens (primary N) is 1. The van der Waals surface area contributed by atoms with E-state index in [0.717, 1.165) is 0 Å². The molecular formula is C10H19N5O2. The number of likely N-dealkylation sites (N-methyl/N-ethyl adjacent to an activating group) is 1. The Morgan fingerprint density at radius 3 is 2.59 bits per heavy atom. The van der Waals surface area contributed by atoms with Crippen LogP contribution in [-0.2, 0) is 13.5 Å². The van der Waals surface area contributed by atoms with Crippen molar-refractivity contribution in [3.05, 3.63) is 15.8 Å². The molecule has 0 aromatic carbocycles. The molecule has 1 rings (SSSR count). The minimum atomic E-state index is -0.361. The monoisotopic (exact) mass is 241 g/mol. The van der Waals surface area contributed by atoms with Crippen LogP contribution in [0, 0.1) is 10.1 Å². The maximum absolute atomic E-state index is 11.1. The van der Waals surface area contributed by atoms with Gasteiger partial charge in [0, 0.05) is 26.7 Å². The summed E-state index contributed by atoms with van der Waals surface area (Å²) in [5, 5.41) is 15.3. The molecule has 96 valence electrons. The standard InChI is InChI=1S/C10H19N5O2/c1-4-8-9(15(16)17)10(13(3)12-8)14(5-2)7-6-11/h4-7,11H2,1-3H3. The molecule has 7 nitrogen and oxygen atoms in total. The predicted molar refractivity (Wildman–Crippen MR) is 66.2 cm³/mol. The molecule has 0 bridgehead atoms. The van der Waals surface area contributed by atoms with E-state index in [1.54, 1.807) is 11.7 Å².